The van der Waals surface area contributed by atoms with Crippen molar-refractivity contribution in [1.82, 2.24) is 9.78 Å². The molecule has 8 heteroatoms. The van der Waals surface area contributed by atoms with Gasteiger partial charge in [0.15, 0.2) is 11.5 Å². The van der Waals surface area contributed by atoms with Crippen molar-refractivity contribution in [2.24, 2.45) is 0 Å². The Hall–Kier alpha value is -4.20. The summed E-state index contributed by atoms with van der Waals surface area (Å²) in [7, 11) is 1.35. The molecular weight excluding hydrogens is 428 g/mol. The van der Waals surface area contributed by atoms with Gasteiger partial charge in [0.25, 0.3) is 5.91 Å². The number of methoxy groups -OCH3 is 1. The predicted molar refractivity (Wildman–Crippen MR) is 121 cm³/mol. The molecule has 1 aromatic heterocycles. The van der Waals surface area contributed by atoms with Gasteiger partial charge in [-0.2, -0.15) is 13.9 Å². The summed E-state index contributed by atoms with van der Waals surface area (Å²) in [6, 6.07) is 21.3. The number of carbonyl (C=O) groups excluding carboxylic acids is 1. The number of halogens is 2. The van der Waals surface area contributed by atoms with Gasteiger partial charge in [-0.15, -0.1) is 0 Å². The molecule has 33 heavy (non-hydrogen) atoms. The van der Waals surface area contributed by atoms with Crippen molar-refractivity contribution < 1.29 is 23.0 Å². The van der Waals surface area contributed by atoms with Crippen molar-refractivity contribution in [2.45, 2.75) is 13.2 Å². The minimum absolute atomic E-state index is 0.143. The van der Waals surface area contributed by atoms with Gasteiger partial charge in [-0.25, -0.2) is 0 Å². The highest BCUT2D eigenvalue weighted by Crippen LogP contribution is 2.32. The Morgan fingerprint density at radius 2 is 1.82 bits per heavy atom. The molecular formula is C25H21F2N3O3. The quantitative estimate of drug-likeness (QED) is 0.388. The molecule has 0 unspecified atom stereocenters. The molecule has 1 amide bonds. The van der Waals surface area contributed by atoms with E-state index in [0.717, 1.165) is 16.7 Å². The van der Waals surface area contributed by atoms with Gasteiger partial charge in [0, 0.05) is 29.7 Å². The zero-order valence-electron chi connectivity index (χ0n) is 17.7. The van der Waals surface area contributed by atoms with Crippen LogP contribution in [-0.4, -0.2) is 29.4 Å². The summed E-state index contributed by atoms with van der Waals surface area (Å²) in [6.07, 6.45) is 3.62. The zero-order chi connectivity index (χ0) is 23.2. The van der Waals surface area contributed by atoms with Crippen LogP contribution in [0.5, 0.6) is 11.5 Å². The van der Waals surface area contributed by atoms with Crippen LogP contribution < -0.4 is 14.8 Å². The Kier molecular flexibility index (Phi) is 6.64. The number of ether oxygens (including phenoxy) is 2. The molecule has 6 nitrogen and oxygen atoms in total. The Balaban J connectivity index is 1.55. The van der Waals surface area contributed by atoms with Crippen molar-refractivity contribution >= 4 is 11.6 Å². The fraction of sp³-hybridized carbons (Fsp3) is 0.120. The van der Waals surface area contributed by atoms with Crippen LogP contribution in [0.3, 0.4) is 0 Å². The number of carbonyl (C=O) groups is 1. The molecule has 1 heterocycles. The van der Waals surface area contributed by atoms with Crippen LogP contribution in [0.15, 0.2) is 85.2 Å². The Morgan fingerprint density at radius 3 is 2.52 bits per heavy atom. The minimum Gasteiger partial charge on any atom is -0.493 e. The van der Waals surface area contributed by atoms with E-state index >= 15 is 0 Å². The van der Waals surface area contributed by atoms with Crippen molar-refractivity contribution in [3.63, 3.8) is 0 Å². The van der Waals surface area contributed by atoms with Crippen LogP contribution >= 0.6 is 0 Å². The van der Waals surface area contributed by atoms with Gasteiger partial charge in [-0.3, -0.25) is 9.48 Å². The summed E-state index contributed by atoms with van der Waals surface area (Å²) >= 11 is 0. The fourth-order valence-electron chi connectivity index (χ4n) is 3.44. The summed E-state index contributed by atoms with van der Waals surface area (Å²) in [5, 5.41) is 6.95. The van der Waals surface area contributed by atoms with Gasteiger partial charge < -0.3 is 14.8 Å². The van der Waals surface area contributed by atoms with E-state index in [1.807, 2.05) is 53.3 Å². The standard InChI is InChI=1S/C25H21F2N3O3/c1-32-22-12-11-19(15-23(22)33-25(26)27)29-24(31)21-6-3-2-5-20(21)18-9-7-17(8-10-18)16-30-14-4-13-28-30/h2-15,25H,16H2,1H3,(H,29,31). The number of rotatable bonds is 8. The summed E-state index contributed by atoms with van der Waals surface area (Å²) in [6.45, 7) is -2.36. The summed E-state index contributed by atoms with van der Waals surface area (Å²) in [5.74, 6) is -0.394. The summed E-state index contributed by atoms with van der Waals surface area (Å²) < 4.78 is 36.8. The Morgan fingerprint density at radius 1 is 1.03 bits per heavy atom. The topological polar surface area (TPSA) is 65.4 Å². The van der Waals surface area contributed by atoms with Crippen molar-refractivity contribution in [1.29, 1.82) is 0 Å². The van der Waals surface area contributed by atoms with Gasteiger partial charge in [-0.05, 0) is 41.0 Å². The van der Waals surface area contributed by atoms with Crippen molar-refractivity contribution in [2.75, 3.05) is 12.4 Å². The second-order valence-electron chi connectivity index (χ2n) is 7.14. The Labute approximate surface area is 189 Å². The zero-order valence-corrected chi connectivity index (χ0v) is 17.7. The molecule has 0 aliphatic rings. The molecule has 0 saturated carbocycles. The SMILES string of the molecule is COc1ccc(NC(=O)c2ccccc2-c2ccc(Cn3cccn3)cc2)cc1OC(F)F. The molecule has 4 aromatic rings. The van der Waals surface area contributed by atoms with Crippen LogP contribution in [0.25, 0.3) is 11.1 Å². The highest BCUT2D eigenvalue weighted by atomic mass is 19.3. The van der Waals surface area contributed by atoms with E-state index in [2.05, 4.69) is 15.2 Å². The molecule has 168 valence electrons. The molecule has 0 spiro atoms. The number of nitrogens with zero attached hydrogens (tertiary/aromatic N) is 2. The maximum absolute atomic E-state index is 13.0. The molecule has 0 bridgehead atoms. The number of nitrogens with one attached hydrogen (secondary N) is 1. The third kappa shape index (κ3) is 5.35. The molecule has 0 radical (unpaired) electrons. The van der Waals surface area contributed by atoms with E-state index in [9.17, 15) is 13.6 Å². The summed E-state index contributed by atoms with van der Waals surface area (Å²) in [4.78, 5) is 13.0. The number of benzene rings is 3. The first-order valence-electron chi connectivity index (χ1n) is 10.1. The smallest absolute Gasteiger partial charge is 0.387 e. The second-order valence-corrected chi connectivity index (χ2v) is 7.14. The first-order valence-corrected chi connectivity index (χ1v) is 10.1. The van der Waals surface area contributed by atoms with Crippen LogP contribution in [0.4, 0.5) is 14.5 Å². The summed E-state index contributed by atoms with van der Waals surface area (Å²) in [5.41, 5.74) is 3.46. The van der Waals surface area contributed by atoms with E-state index in [1.54, 1.807) is 24.4 Å². The lowest BCUT2D eigenvalue weighted by molar-refractivity contribution is -0.0511. The van der Waals surface area contributed by atoms with E-state index in [1.165, 1.54) is 19.2 Å². The van der Waals surface area contributed by atoms with Gasteiger partial charge in [0.05, 0.1) is 13.7 Å². The first kappa shape index (κ1) is 22.0. The van der Waals surface area contributed by atoms with Crippen LogP contribution in [0, 0.1) is 0 Å². The minimum atomic E-state index is -3.01. The van der Waals surface area contributed by atoms with Crippen LogP contribution in [-0.2, 0) is 6.54 Å². The number of alkyl halides is 2. The van der Waals surface area contributed by atoms with E-state index in [-0.39, 0.29) is 17.4 Å². The van der Waals surface area contributed by atoms with Gasteiger partial charge in [-0.1, -0.05) is 42.5 Å². The van der Waals surface area contributed by atoms with Crippen molar-refractivity contribution in [3.05, 3.63) is 96.3 Å². The first-order chi connectivity index (χ1) is 16.0. The van der Waals surface area contributed by atoms with Crippen molar-refractivity contribution in [3.8, 4) is 22.6 Å². The largest absolute Gasteiger partial charge is 0.493 e. The molecule has 0 saturated heterocycles. The second kappa shape index (κ2) is 9.95. The molecule has 0 aliphatic heterocycles. The number of anilines is 1. The van der Waals surface area contributed by atoms with Crippen LogP contribution in [0.2, 0.25) is 0 Å². The fourth-order valence-corrected chi connectivity index (χ4v) is 3.44. The monoisotopic (exact) mass is 449 g/mol. The van der Waals surface area contributed by atoms with Gasteiger partial charge in [0.2, 0.25) is 0 Å². The molecule has 4 rings (SSSR count). The molecule has 0 fully saturated rings. The van der Waals surface area contributed by atoms with Gasteiger partial charge in [0.1, 0.15) is 0 Å². The van der Waals surface area contributed by atoms with Crippen LogP contribution in [0.1, 0.15) is 15.9 Å². The van der Waals surface area contributed by atoms with Gasteiger partial charge >= 0.3 is 6.61 Å². The maximum atomic E-state index is 13.0. The highest BCUT2D eigenvalue weighted by molar-refractivity contribution is 6.08. The average Bonchev–Trinajstić information content (AvgIpc) is 3.32. The lowest BCUT2D eigenvalue weighted by Gasteiger charge is -2.14. The number of hydrogen-bond acceptors (Lipinski definition) is 4. The number of aromatic nitrogens is 2. The predicted octanol–water partition coefficient (Wildman–Crippen LogP) is 5.46. The molecule has 0 aliphatic carbocycles. The highest BCUT2D eigenvalue weighted by Gasteiger charge is 2.16. The third-order valence-electron chi connectivity index (χ3n) is 4.98. The lowest BCUT2D eigenvalue weighted by Crippen LogP contribution is -2.13. The van der Waals surface area contributed by atoms with E-state index in [4.69, 9.17) is 4.74 Å². The Bertz CT molecular complexity index is 1230. The molecule has 1 N–H and O–H groups in total. The number of hydrogen-bond donors (Lipinski definition) is 1. The normalized spacial score (nSPS) is 10.8. The maximum Gasteiger partial charge on any atom is 0.387 e. The third-order valence-corrected chi connectivity index (χ3v) is 4.98. The average molecular weight is 449 g/mol. The molecule has 3 aromatic carbocycles. The van der Waals surface area contributed by atoms with E-state index < -0.39 is 6.61 Å². The molecule has 0 atom stereocenters. The lowest BCUT2D eigenvalue weighted by atomic mass is 9.98. The number of amides is 1. The van der Waals surface area contributed by atoms with E-state index in [0.29, 0.717) is 17.8 Å².